The molecule has 5 aromatic carbocycles. The zero-order valence-electron chi connectivity index (χ0n) is 21.3. The van der Waals surface area contributed by atoms with Gasteiger partial charge in [0.2, 0.25) is 0 Å². The molecule has 0 saturated heterocycles. The highest BCUT2D eigenvalue weighted by Gasteiger charge is 2.18. The summed E-state index contributed by atoms with van der Waals surface area (Å²) in [6.45, 7) is 0. The number of amides is 2. The number of carboxylic acid groups (broad SMARTS) is 1. The van der Waals surface area contributed by atoms with E-state index in [0.29, 0.717) is 32.9 Å². The number of carboxylic acids is 1. The average molecular weight is 608 g/mol. The van der Waals surface area contributed by atoms with Crippen LogP contribution in [0.1, 0.15) is 10.4 Å². The zero-order valence-corrected chi connectivity index (χ0v) is 22.9. The van der Waals surface area contributed by atoms with E-state index in [4.69, 9.17) is 0 Å². The molecule has 2 amide bonds. The van der Waals surface area contributed by atoms with Gasteiger partial charge in [0.05, 0.1) is 9.79 Å². The Labute approximate surface area is 239 Å². The van der Waals surface area contributed by atoms with Crippen LogP contribution in [0.15, 0.2) is 101 Å². The molecular weight excluding hydrogens is 586 g/mol. The lowest BCUT2D eigenvalue weighted by molar-refractivity contribution is 0.0693. The van der Waals surface area contributed by atoms with Gasteiger partial charge in [-0.2, -0.15) is 8.42 Å². The molecule has 0 unspecified atom stereocenters. The molecule has 14 heteroatoms. The Morgan fingerprint density at radius 2 is 1.10 bits per heavy atom. The third kappa shape index (κ3) is 6.10. The van der Waals surface area contributed by atoms with Gasteiger partial charge in [-0.25, -0.2) is 18.0 Å². The van der Waals surface area contributed by atoms with Gasteiger partial charge < -0.3 is 20.8 Å². The first-order valence-corrected chi connectivity index (χ1v) is 14.9. The Hall–Kier alpha value is -5.18. The van der Waals surface area contributed by atoms with Crippen molar-refractivity contribution >= 4 is 70.7 Å². The van der Waals surface area contributed by atoms with E-state index in [-0.39, 0.29) is 15.5 Å². The third-order valence-corrected chi connectivity index (χ3v) is 8.46. The number of carbonyl (C=O) groups is 2. The zero-order chi connectivity index (χ0) is 30.2. The highest BCUT2D eigenvalue weighted by atomic mass is 32.2. The molecule has 214 valence electrons. The molecule has 0 heterocycles. The summed E-state index contributed by atoms with van der Waals surface area (Å²) in [4.78, 5) is 23.5. The van der Waals surface area contributed by atoms with Crippen LogP contribution in [-0.2, 0) is 20.1 Å². The van der Waals surface area contributed by atoms with Gasteiger partial charge in [-0.3, -0.25) is 9.27 Å². The minimum Gasteiger partial charge on any atom is -0.507 e. The fraction of sp³-hybridized carbons (Fsp3) is 0. The molecule has 0 bridgehead atoms. The molecule has 12 nitrogen and oxygen atoms in total. The average Bonchev–Trinajstić information content (AvgIpc) is 2.92. The van der Waals surface area contributed by atoms with Gasteiger partial charge in [-0.15, -0.1) is 0 Å². The highest BCUT2D eigenvalue weighted by molar-refractivity contribution is 7.92. The first-order chi connectivity index (χ1) is 19.8. The van der Waals surface area contributed by atoms with E-state index >= 15 is 0 Å². The van der Waals surface area contributed by atoms with E-state index in [1.807, 2.05) is 0 Å². The highest BCUT2D eigenvalue weighted by Crippen LogP contribution is 2.27. The standard InChI is InChI=1S/C28H21N3O9S2/c32-26-10-7-22(15-25(26)27(33)34)31-41(36,37)23-8-3-16-1-5-20(11-18(16)13-23)29-28(35)30-21-6-2-17-4-9-24(42(38,39)40)14-19(17)12-21/h1-15,31-32H,(H,33,34)(H2,29,30,35)(H,38,39,40). The number of aromatic carboxylic acids is 1. The number of phenols is 1. The SMILES string of the molecule is O=C(Nc1ccc2ccc(S(=O)(=O)O)cc2c1)Nc1ccc2ccc(S(=O)(=O)Nc3ccc(O)c(C(=O)O)c3)cc2c1. The van der Waals surface area contributed by atoms with Gasteiger partial charge in [0.15, 0.2) is 0 Å². The quantitative estimate of drug-likeness (QED) is 0.108. The van der Waals surface area contributed by atoms with Crippen molar-refractivity contribution in [3.8, 4) is 5.75 Å². The molecule has 5 aromatic rings. The maximum atomic E-state index is 13.0. The molecule has 0 aliphatic carbocycles. The van der Waals surface area contributed by atoms with Crippen LogP contribution in [0.25, 0.3) is 21.5 Å². The van der Waals surface area contributed by atoms with Crippen LogP contribution in [0.5, 0.6) is 5.75 Å². The first-order valence-electron chi connectivity index (χ1n) is 12.0. The Morgan fingerprint density at radius 1 is 0.595 bits per heavy atom. The smallest absolute Gasteiger partial charge is 0.339 e. The summed E-state index contributed by atoms with van der Waals surface area (Å²) in [5.41, 5.74) is 0.184. The number of benzene rings is 5. The number of hydrogen-bond donors (Lipinski definition) is 6. The van der Waals surface area contributed by atoms with Crippen molar-refractivity contribution in [2.45, 2.75) is 9.79 Å². The van der Waals surface area contributed by atoms with Crippen LogP contribution >= 0.6 is 0 Å². The van der Waals surface area contributed by atoms with Crippen molar-refractivity contribution in [2.75, 3.05) is 15.4 Å². The summed E-state index contributed by atoms with van der Waals surface area (Å²) in [5.74, 6) is -1.93. The number of hydrogen-bond acceptors (Lipinski definition) is 7. The van der Waals surface area contributed by atoms with Crippen LogP contribution in [0.4, 0.5) is 21.9 Å². The number of carbonyl (C=O) groups excluding carboxylic acids is 1. The summed E-state index contributed by atoms with van der Waals surface area (Å²) >= 11 is 0. The second-order valence-corrected chi connectivity index (χ2v) is 12.2. The van der Waals surface area contributed by atoms with Crippen LogP contribution in [0, 0.1) is 0 Å². The summed E-state index contributed by atoms with van der Waals surface area (Å²) in [5, 5.41) is 26.5. The molecule has 6 N–H and O–H groups in total. The van der Waals surface area contributed by atoms with Crippen molar-refractivity contribution < 1.29 is 41.2 Å². The van der Waals surface area contributed by atoms with Crippen molar-refractivity contribution in [1.29, 1.82) is 0 Å². The van der Waals surface area contributed by atoms with Gasteiger partial charge in [-0.05, 0) is 88.3 Å². The summed E-state index contributed by atoms with van der Waals surface area (Å²) < 4.78 is 60.5. The minimum atomic E-state index is -4.40. The van der Waals surface area contributed by atoms with Crippen LogP contribution in [0.2, 0.25) is 0 Å². The first kappa shape index (κ1) is 28.4. The maximum absolute atomic E-state index is 13.0. The molecule has 0 aliphatic rings. The topological polar surface area (TPSA) is 199 Å². The number of nitrogens with one attached hydrogen (secondary N) is 3. The molecule has 0 aromatic heterocycles. The van der Waals surface area contributed by atoms with Crippen molar-refractivity contribution in [1.82, 2.24) is 0 Å². The second-order valence-electron chi connectivity index (χ2n) is 9.14. The lowest BCUT2D eigenvalue weighted by Gasteiger charge is -2.12. The Bertz CT molecular complexity index is 2130. The van der Waals surface area contributed by atoms with Gasteiger partial charge in [-0.1, -0.05) is 24.3 Å². The van der Waals surface area contributed by atoms with Crippen molar-refractivity contribution in [3.63, 3.8) is 0 Å². The van der Waals surface area contributed by atoms with E-state index in [1.165, 1.54) is 36.4 Å². The third-order valence-electron chi connectivity index (χ3n) is 6.23. The number of anilines is 3. The predicted octanol–water partition coefficient (Wildman–Crippen LogP) is 5.09. The van der Waals surface area contributed by atoms with Gasteiger partial charge >= 0.3 is 12.0 Å². The van der Waals surface area contributed by atoms with Crippen LogP contribution < -0.4 is 15.4 Å². The van der Waals surface area contributed by atoms with Crippen LogP contribution in [0.3, 0.4) is 0 Å². The number of fused-ring (bicyclic) bond motifs is 2. The number of rotatable bonds is 7. The number of sulfonamides is 1. The largest absolute Gasteiger partial charge is 0.507 e. The Balaban J connectivity index is 1.34. The fourth-order valence-electron chi connectivity index (χ4n) is 4.21. The summed E-state index contributed by atoms with van der Waals surface area (Å²) in [6.07, 6.45) is 0. The van der Waals surface area contributed by atoms with Gasteiger partial charge in [0, 0.05) is 17.1 Å². The van der Waals surface area contributed by atoms with Crippen LogP contribution in [-0.4, -0.2) is 43.6 Å². The van der Waals surface area contributed by atoms with Gasteiger partial charge in [0.1, 0.15) is 11.3 Å². The monoisotopic (exact) mass is 607 g/mol. The molecule has 0 spiro atoms. The van der Waals surface area contributed by atoms with E-state index < -0.39 is 43.5 Å². The van der Waals surface area contributed by atoms with E-state index in [1.54, 1.807) is 42.5 Å². The molecular formula is C28H21N3O9S2. The normalized spacial score (nSPS) is 11.7. The Kier molecular flexibility index (Phi) is 7.20. The minimum absolute atomic E-state index is 0.0553. The molecule has 0 atom stereocenters. The fourth-order valence-corrected chi connectivity index (χ4v) is 5.81. The maximum Gasteiger partial charge on any atom is 0.339 e. The summed E-state index contributed by atoms with van der Waals surface area (Å²) in [7, 11) is -8.54. The molecule has 0 fully saturated rings. The summed E-state index contributed by atoms with van der Waals surface area (Å²) in [6, 6.07) is 20.8. The Morgan fingerprint density at radius 3 is 1.64 bits per heavy atom. The van der Waals surface area contributed by atoms with Crippen molar-refractivity contribution in [3.05, 3.63) is 96.6 Å². The van der Waals surface area contributed by atoms with E-state index in [0.717, 1.165) is 12.1 Å². The lowest BCUT2D eigenvalue weighted by Crippen LogP contribution is -2.19. The predicted molar refractivity (Wildman–Crippen MR) is 156 cm³/mol. The lowest BCUT2D eigenvalue weighted by atomic mass is 10.1. The van der Waals surface area contributed by atoms with Crippen molar-refractivity contribution in [2.24, 2.45) is 0 Å². The van der Waals surface area contributed by atoms with E-state index in [2.05, 4.69) is 15.4 Å². The molecule has 42 heavy (non-hydrogen) atoms. The molecule has 0 saturated carbocycles. The number of urea groups is 1. The molecule has 0 radical (unpaired) electrons. The molecule has 0 aliphatic heterocycles. The number of aromatic hydroxyl groups is 1. The van der Waals surface area contributed by atoms with Gasteiger partial charge in [0.25, 0.3) is 20.1 Å². The molecule has 5 rings (SSSR count). The van der Waals surface area contributed by atoms with E-state index in [9.17, 15) is 41.2 Å². The second kappa shape index (κ2) is 10.7.